The summed E-state index contributed by atoms with van der Waals surface area (Å²) in [6.45, 7) is 2.91. The topological polar surface area (TPSA) is 84.5 Å². The number of aryl methyl sites for hydroxylation is 1. The molecule has 0 heterocycles. The number of benzene rings is 2. The molecule has 2 rings (SSSR count). The van der Waals surface area contributed by atoms with E-state index in [1.54, 1.807) is 43.3 Å². The van der Waals surface area contributed by atoms with Crippen molar-refractivity contribution in [2.45, 2.75) is 20.4 Å². The van der Waals surface area contributed by atoms with E-state index in [1.165, 1.54) is 13.0 Å². The Bertz CT molecular complexity index is 819. The number of nitrogens with one attached hydrogen (secondary N) is 2. The summed E-state index contributed by atoms with van der Waals surface area (Å²) in [5.74, 6) is -1.79. The lowest BCUT2D eigenvalue weighted by atomic mass is 10.1. The Labute approximate surface area is 150 Å². The van der Waals surface area contributed by atoms with Gasteiger partial charge in [-0.05, 0) is 42.3 Å². The molecule has 2 aromatic rings. The maximum atomic E-state index is 13.4. The Kier molecular flexibility index (Phi) is 6.43. The van der Waals surface area contributed by atoms with E-state index in [4.69, 9.17) is 4.74 Å². The molecule has 0 saturated carbocycles. The maximum absolute atomic E-state index is 13.4. The quantitative estimate of drug-likeness (QED) is 0.778. The summed E-state index contributed by atoms with van der Waals surface area (Å²) in [6, 6.07) is 10.8. The fourth-order valence-electron chi connectivity index (χ4n) is 2.07. The van der Waals surface area contributed by atoms with Crippen molar-refractivity contribution >= 4 is 23.5 Å². The molecule has 2 N–H and O–H groups in total. The monoisotopic (exact) mass is 358 g/mol. The highest BCUT2D eigenvalue weighted by molar-refractivity contribution is 5.95. The molecule has 0 atom stereocenters. The Morgan fingerprint density at radius 1 is 1.08 bits per heavy atom. The van der Waals surface area contributed by atoms with Gasteiger partial charge in [0.25, 0.3) is 5.91 Å². The number of hydrogen-bond acceptors (Lipinski definition) is 4. The zero-order valence-corrected chi connectivity index (χ0v) is 14.5. The molecule has 0 aliphatic heterocycles. The summed E-state index contributed by atoms with van der Waals surface area (Å²) in [5, 5.41) is 5.10. The van der Waals surface area contributed by atoms with Crippen molar-refractivity contribution < 1.29 is 23.5 Å². The van der Waals surface area contributed by atoms with E-state index < -0.39 is 24.3 Å². The van der Waals surface area contributed by atoms with E-state index >= 15 is 0 Å². The van der Waals surface area contributed by atoms with Crippen LogP contribution in [-0.2, 0) is 20.9 Å². The van der Waals surface area contributed by atoms with Gasteiger partial charge in [0.15, 0.2) is 6.61 Å². The number of halogens is 1. The highest BCUT2D eigenvalue weighted by Gasteiger charge is 2.11. The predicted octanol–water partition coefficient (Wildman–Crippen LogP) is 2.57. The van der Waals surface area contributed by atoms with Gasteiger partial charge in [0, 0.05) is 19.2 Å². The third-order valence-electron chi connectivity index (χ3n) is 3.52. The molecule has 0 bridgehead atoms. The second-order valence-electron chi connectivity index (χ2n) is 5.69. The van der Waals surface area contributed by atoms with Crippen LogP contribution >= 0.6 is 0 Å². The molecule has 0 unspecified atom stereocenters. The summed E-state index contributed by atoms with van der Waals surface area (Å²) in [5.41, 5.74) is 1.87. The smallest absolute Gasteiger partial charge is 0.338 e. The first-order valence-corrected chi connectivity index (χ1v) is 7.91. The number of anilines is 1. The number of ether oxygens (including phenoxy) is 1. The zero-order chi connectivity index (χ0) is 19.1. The fourth-order valence-corrected chi connectivity index (χ4v) is 2.07. The molecule has 0 aromatic heterocycles. The lowest BCUT2D eigenvalue weighted by Gasteiger charge is -2.08. The third kappa shape index (κ3) is 5.70. The predicted molar refractivity (Wildman–Crippen MR) is 94.0 cm³/mol. The van der Waals surface area contributed by atoms with Gasteiger partial charge in [-0.3, -0.25) is 9.59 Å². The van der Waals surface area contributed by atoms with Crippen LogP contribution in [0, 0.1) is 12.7 Å². The van der Waals surface area contributed by atoms with Crippen molar-refractivity contribution in [3.63, 3.8) is 0 Å². The van der Waals surface area contributed by atoms with Gasteiger partial charge >= 0.3 is 5.97 Å². The van der Waals surface area contributed by atoms with E-state index in [-0.39, 0.29) is 17.2 Å². The minimum atomic E-state index is -0.652. The number of hydrogen-bond donors (Lipinski definition) is 2. The minimum absolute atomic E-state index is 0.145. The lowest BCUT2D eigenvalue weighted by Crippen LogP contribution is -2.21. The summed E-state index contributed by atoms with van der Waals surface area (Å²) < 4.78 is 18.4. The van der Waals surface area contributed by atoms with Crippen LogP contribution in [0.4, 0.5) is 10.1 Å². The number of amides is 2. The van der Waals surface area contributed by atoms with Crippen LogP contribution in [0.2, 0.25) is 0 Å². The molecular formula is C19H19FN2O4. The second-order valence-corrected chi connectivity index (χ2v) is 5.69. The van der Waals surface area contributed by atoms with Crippen LogP contribution < -0.4 is 10.6 Å². The SMILES string of the molecule is CC(=O)NCc1ccc(C(=O)OCC(=O)Nc2ccc(C)c(F)c2)cc1. The van der Waals surface area contributed by atoms with Gasteiger partial charge in [-0.15, -0.1) is 0 Å². The molecule has 6 nitrogen and oxygen atoms in total. The van der Waals surface area contributed by atoms with Gasteiger partial charge in [-0.1, -0.05) is 18.2 Å². The summed E-state index contributed by atoms with van der Waals surface area (Å²) in [4.78, 5) is 34.6. The Balaban J connectivity index is 1.84. The Morgan fingerprint density at radius 3 is 2.38 bits per heavy atom. The van der Waals surface area contributed by atoms with Gasteiger partial charge in [-0.2, -0.15) is 0 Å². The van der Waals surface area contributed by atoms with E-state index in [9.17, 15) is 18.8 Å². The molecule has 2 aromatic carbocycles. The first kappa shape index (κ1) is 19.1. The van der Waals surface area contributed by atoms with Crippen molar-refractivity contribution in [3.05, 3.63) is 65.0 Å². The molecule has 0 saturated heterocycles. The first-order valence-electron chi connectivity index (χ1n) is 7.91. The van der Waals surface area contributed by atoms with Crippen molar-refractivity contribution in [3.8, 4) is 0 Å². The van der Waals surface area contributed by atoms with Crippen LogP contribution in [0.25, 0.3) is 0 Å². The first-order chi connectivity index (χ1) is 12.3. The van der Waals surface area contributed by atoms with Gasteiger partial charge in [-0.25, -0.2) is 9.18 Å². The van der Waals surface area contributed by atoms with Crippen LogP contribution in [0.15, 0.2) is 42.5 Å². The zero-order valence-electron chi connectivity index (χ0n) is 14.5. The summed E-state index contributed by atoms with van der Waals surface area (Å²) in [7, 11) is 0. The highest BCUT2D eigenvalue weighted by Crippen LogP contribution is 2.13. The van der Waals surface area contributed by atoms with E-state index in [0.717, 1.165) is 5.56 Å². The van der Waals surface area contributed by atoms with Crippen LogP contribution in [-0.4, -0.2) is 24.4 Å². The third-order valence-corrected chi connectivity index (χ3v) is 3.52. The highest BCUT2D eigenvalue weighted by atomic mass is 19.1. The van der Waals surface area contributed by atoms with Crippen molar-refractivity contribution in [2.24, 2.45) is 0 Å². The molecule has 0 fully saturated rings. The normalized spacial score (nSPS) is 10.1. The van der Waals surface area contributed by atoms with E-state index in [0.29, 0.717) is 12.1 Å². The molecule has 7 heteroatoms. The fraction of sp³-hybridized carbons (Fsp3) is 0.211. The summed E-state index contributed by atoms with van der Waals surface area (Å²) >= 11 is 0. The van der Waals surface area contributed by atoms with Gasteiger partial charge < -0.3 is 15.4 Å². The van der Waals surface area contributed by atoms with Gasteiger partial charge in [0.2, 0.25) is 5.91 Å². The number of rotatable bonds is 6. The molecule has 2 amide bonds. The van der Waals surface area contributed by atoms with Crippen LogP contribution in [0.1, 0.15) is 28.4 Å². The van der Waals surface area contributed by atoms with Crippen LogP contribution in [0.5, 0.6) is 0 Å². The minimum Gasteiger partial charge on any atom is -0.452 e. The molecule has 0 radical (unpaired) electrons. The van der Waals surface area contributed by atoms with Crippen molar-refractivity contribution in [2.75, 3.05) is 11.9 Å². The average molecular weight is 358 g/mol. The molecule has 0 aliphatic rings. The number of esters is 1. The average Bonchev–Trinajstić information content (AvgIpc) is 2.61. The molecular weight excluding hydrogens is 339 g/mol. The van der Waals surface area contributed by atoms with E-state index in [1.807, 2.05) is 0 Å². The van der Waals surface area contributed by atoms with E-state index in [2.05, 4.69) is 10.6 Å². The molecule has 26 heavy (non-hydrogen) atoms. The Morgan fingerprint density at radius 2 is 1.77 bits per heavy atom. The van der Waals surface area contributed by atoms with Crippen molar-refractivity contribution in [1.82, 2.24) is 5.32 Å². The van der Waals surface area contributed by atoms with Crippen LogP contribution in [0.3, 0.4) is 0 Å². The lowest BCUT2D eigenvalue weighted by molar-refractivity contribution is -0.119. The van der Waals surface area contributed by atoms with Gasteiger partial charge in [0.05, 0.1) is 5.56 Å². The largest absolute Gasteiger partial charge is 0.452 e. The molecule has 136 valence electrons. The maximum Gasteiger partial charge on any atom is 0.338 e. The number of carbonyl (C=O) groups excluding carboxylic acids is 3. The molecule has 0 aliphatic carbocycles. The van der Waals surface area contributed by atoms with Crippen molar-refractivity contribution in [1.29, 1.82) is 0 Å². The van der Waals surface area contributed by atoms with Gasteiger partial charge in [0.1, 0.15) is 5.82 Å². The number of carbonyl (C=O) groups is 3. The summed E-state index contributed by atoms with van der Waals surface area (Å²) in [6.07, 6.45) is 0. The Hall–Kier alpha value is -3.22. The second kappa shape index (κ2) is 8.75. The standard InChI is InChI=1S/C19H19FN2O4/c1-12-3-8-16(9-17(12)20)22-18(24)11-26-19(25)15-6-4-14(5-7-15)10-21-13(2)23/h3-9H,10-11H2,1-2H3,(H,21,23)(H,22,24). The molecule has 0 spiro atoms.